The molecule has 0 fully saturated rings. The molecule has 0 radical (unpaired) electrons. The standard InChI is InChI=1S/C18H21NO/c1-2-3-14-19-18(20)17(15-10-6-4-7-11-15)16-12-8-5-9-13-16/h4-13,17H,2-3,14H2,1H3,(H,19,20). The molecule has 1 amide bonds. The first-order valence-electron chi connectivity index (χ1n) is 7.20. The molecule has 0 aromatic heterocycles. The van der Waals surface area contributed by atoms with Gasteiger partial charge in [0.05, 0.1) is 5.92 Å². The lowest BCUT2D eigenvalue weighted by molar-refractivity contribution is -0.121. The van der Waals surface area contributed by atoms with E-state index in [1.807, 2.05) is 60.7 Å². The molecule has 2 aromatic carbocycles. The highest BCUT2D eigenvalue weighted by Crippen LogP contribution is 2.24. The van der Waals surface area contributed by atoms with E-state index >= 15 is 0 Å². The minimum absolute atomic E-state index is 0.0795. The quantitative estimate of drug-likeness (QED) is 0.794. The number of rotatable bonds is 6. The van der Waals surface area contributed by atoms with Crippen LogP contribution >= 0.6 is 0 Å². The maximum absolute atomic E-state index is 12.5. The van der Waals surface area contributed by atoms with Crippen molar-refractivity contribution in [3.63, 3.8) is 0 Å². The van der Waals surface area contributed by atoms with Gasteiger partial charge in [-0.15, -0.1) is 0 Å². The van der Waals surface area contributed by atoms with Crippen LogP contribution in [0.1, 0.15) is 36.8 Å². The van der Waals surface area contributed by atoms with Crippen molar-refractivity contribution in [1.29, 1.82) is 0 Å². The van der Waals surface area contributed by atoms with E-state index < -0.39 is 0 Å². The number of hydrogen-bond acceptors (Lipinski definition) is 1. The topological polar surface area (TPSA) is 29.1 Å². The molecule has 0 aliphatic rings. The van der Waals surface area contributed by atoms with Crippen LogP contribution in [0.4, 0.5) is 0 Å². The maximum atomic E-state index is 12.5. The van der Waals surface area contributed by atoms with Crippen molar-refractivity contribution in [3.8, 4) is 0 Å². The highest BCUT2D eigenvalue weighted by Gasteiger charge is 2.21. The van der Waals surface area contributed by atoms with Gasteiger partial charge in [0.2, 0.25) is 5.91 Å². The lowest BCUT2D eigenvalue weighted by Crippen LogP contribution is -2.30. The maximum Gasteiger partial charge on any atom is 0.232 e. The normalized spacial score (nSPS) is 10.5. The van der Waals surface area contributed by atoms with Crippen LogP contribution in [-0.2, 0) is 4.79 Å². The van der Waals surface area contributed by atoms with Crippen molar-refractivity contribution >= 4 is 5.91 Å². The Hall–Kier alpha value is -2.09. The fraction of sp³-hybridized carbons (Fsp3) is 0.278. The highest BCUT2D eigenvalue weighted by atomic mass is 16.1. The van der Waals surface area contributed by atoms with Crippen LogP contribution in [0.2, 0.25) is 0 Å². The van der Waals surface area contributed by atoms with E-state index in [1.165, 1.54) is 0 Å². The molecule has 0 aliphatic carbocycles. The third kappa shape index (κ3) is 3.70. The van der Waals surface area contributed by atoms with Crippen LogP contribution in [0.15, 0.2) is 60.7 Å². The molecule has 104 valence electrons. The Labute approximate surface area is 120 Å². The van der Waals surface area contributed by atoms with Crippen molar-refractivity contribution in [1.82, 2.24) is 5.32 Å². The Morgan fingerprint density at radius 2 is 1.45 bits per heavy atom. The molecular weight excluding hydrogens is 246 g/mol. The van der Waals surface area contributed by atoms with Gasteiger partial charge in [-0.05, 0) is 17.5 Å². The molecular formula is C18H21NO. The van der Waals surface area contributed by atoms with Crippen molar-refractivity contribution in [3.05, 3.63) is 71.8 Å². The monoisotopic (exact) mass is 267 g/mol. The SMILES string of the molecule is CCCCNC(=O)C(c1ccccc1)c1ccccc1. The zero-order valence-electron chi connectivity index (χ0n) is 11.9. The Morgan fingerprint density at radius 3 is 1.90 bits per heavy atom. The summed E-state index contributed by atoms with van der Waals surface area (Å²) in [5.74, 6) is -0.148. The summed E-state index contributed by atoms with van der Waals surface area (Å²) in [6, 6.07) is 19.9. The lowest BCUT2D eigenvalue weighted by Gasteiger charge is -2.17. The summed E-state index contributed by atoms with van der Waals surface area (Å²) in [6.45, 7) is 2.86. The predicted octanol–water partition coefficient (Wildman–Crippen LogP) is 3.73. The van der Waals surface area contributed by atoms with Gasteiger partial charge in [-0.3, -0.25) is 4.79 Å². The third-order valence-electron chi connectivity index (χ3n) is 3.36. The molecule has 2 heteroatoms. The van der Waals surface area contributed by atoms with Gasteiger partial charge in [0.25, 0.3) is 0 Å². The molecule has 2 rings (SSSR count). The van der Waals surface area contributed by atoms with Crippen molar-refractivity contribution in [2.75, 3.05) is 6.54 Å². The fourth-order valence-corrected chi connectivity index (χ4v) is 2.28. The average molecular weight is 267 g/mol. The van der Waals surface area contributed by atoms with E-state index in [1.54, 1.807) is 0 Å². The van der Waals surface area contributed by atoms with E-state index in [9.17, 15) is 4.79 Å². The predicted molar refractivity (Wildman–Crippen MR) is 82.6 cm³/mol. The van der Waals surface area contributed by atoms with Gasteiger partial charge in [-0.25, -0.2) is 0 Å². The van der Waals surface area contributed by atoms with Crippen molar-refractivity contribution in [2.45, 2.75) is 25.7 Å². The van der Waals surface area contributed by atoms with E-state index in [0.717, 1.165) is 30.5 Å². The van der Waals surface area contributed by atoms with Gasteiger partial charge in [0.1, 0.15) is 0 Å². The summed E-state index contributed by atoms with van der Waals surface area (Å²) in [4.78, 5) is 12.5. The Balaban J connectivity index is 2.23. The largest absolute Gasteiger partial charge is 0.355 e. The minimum atomic E-state index is -0.228. The summed E-state index contributed by atoms with van der Waals surface area (Å²) in [6.07, 6.45) is 2.10. The molecule has 0 unspecified atom stereocenters. The van der Waals surface area contributed by atoms with Gasteiger partial charge in [0, 0.05) is 6.54 Å². The molecule has 0 saturated carbocycles. The van der Waals surface area contributed by atoms with E-state index in [0.29, 0.717) is 0 Å². The number of carbonyl (C=O) groups excluding carboxylic acids is 1. The second-order valence-corrected chi connectivity index (χ2v) is 4.90. The molecule has 0 saturated heterocycles. The van der Waals surface area contributed by atoms with Crippen molar-refractivity contribution in [2.24, 2.45) is 0 Å². The highest BCUT2D eigenvalue weighted by molar-refractivity contribution is 5.87. The minimum Gasteiger partial charge on any atom is -0.355 e. The number of nitrogens with one attached hydrogen (secondary N) is 1. The summed E-state index contributed by atoms with van der Waals surface area (Å²) < 4.78 is 0. The molecule has 2 nitrogen and oxygen atoms in total. The van der Waals surface area contributed by atoms with Crippen LogP contribution in [-0.4, -0.2) is 12.5 Å². The van der Waals surface area contributed by atoms with Gasteiger partial charge < -0.3 is 5.32 Å². The Morgan fingerprint density at radius 1 is 0.950 bits per heavy atom. The number of amides is 1. The lowest BCUT2D eigenvalue weighted by atomic mass is 9.90. The fourth-order valence-electron chi connectivity index (χ4n) is 2.28. The first kappa shape index (κ1) is 14.3. The summed E-state index contributed by atoms with van der Waals surface area (Å²) >= 11 is 0. The molecule has 0 aliphatic heterocycles. The first-order valence-corrected chi connectivity index (χ1v) is 7.20. The molecule has 0 spiro atoms. The van der Waals surface area contributed by atoms with Crippen LogP contribution in [0.25, 0.3) is 0 Å². The van der Waals surface area contributed by atoms with Gasteiger partial charge >= 0.3 is 0 Å². The third-order valence-corrected chi connectivity index (χ3v) is 3.36. The van der Waals surface area contributed by atoms with Crippen LogP contribution in [0.3, 0.4) is 0 Å². The second kappa shape index (κ2) is 7.49. The van der Waals surface area contributed by atoms with E-state index in [2.05, 4.69) is 12.2 Å². The zero-order chi connectivity index (χ0) is 14.2. The van der Waals surface area contributed by atoms with Gasteiger partial charge in [-0.1, -0.05) is 74.0 Å². The van der Waals surface area contributed by atoms with Gasteiger partial charge in [0.15, 0.2) is 0 Å². The summed E-state index contributed by atoms with van der Waals surface area (Å²) in [7, 11) is 0. The first-order chi connectivity index (χ1) is 9.83. The number of hydrogen-bond donors (Lipinski definition) is 1. The molecule has 2 aromatic rings. The average Bonchev–Trinajstić information content (AvgIpc) is 2.50. The number of carbonyl (C=O) groups is 1. The number of unbranched alkanes of at least 4 members (excludes halogenated alkanes) is 1. The van der Waals surface area contributed by atoms with Gasteiger partial charge in [-0.2, -0.15) is 0 Å². The smallest absolute Gasteiger partial charge is 0.232 e. The summed E-state index contributed by atoms with van der Waals surface area (Å²) in [5.41, 5.74) is 2.07. The molecule has 1 N–H and O–H groups in total. The molecule has 20 heavy (non-hydrogen) atoms. The van der Waals surface area contributed by atoms with E-state index in [4.69, 9.17) is 0 Å². The molecule has 0 heterocycles. The van der Waals surface area contributed by atoms with Crippen LogP contribution in [0.5, 0.6) is 0 Å². The summed E-state index contributed by atoms with van der Waals surface area (Å²) in [5, 5.41) is 3.04. The Bertz CT molecular complexity index is 482. The molecule has 0 atom stereocenters. The second-order valence-electron chi connectivity index (χ2n) is 4.90. The zero-order valence-corrected chi connectivity index (χ0v) is 11.9. The van der Waals surface area contributed by atoms with Crippen LogP contribution in [0, 0.1) is 0 Å². The number of benzene rings is 2. The van der Waals surface area contributed by atoms with E-state index in [-0.39, 0.29) is 11.8 Å². The Kier molecular flexibility index (Phi) is 5.36. The van der Waals surface area contributed by atoms with Crippen molar-refractivity contribution < 1.29 is 4.79 Å². The molecule has 0 bridgehead atoms. The van der Waals surface area contributed by atoms with Crippen LogP contribution < -0.4 is 5.32 Å².